The molecular formula is C13H18ClFN2O3. The summed E-state index contributed by atoms with van der Waals surface area (Å²) in [5.74, 6) is -1.24. The van der Waals surface area contributed by atoms with Crippen LogP contribution in [-0.4, -0.2) is 35.6 Å². The Morgan fingerprint density at radius 2 is 2.20 bits per heavy atom. The summed E-state index contributed by atoms with van der Waals surface area (Å²) in [5, 5.41) is 22.1. The molecule has 0 aliphatic rings. The van der Waals surface area contributed by atoms with E-state index in [2.05, 4.69) is 17.4 Å². The molecule has 0 aromatic heterocycles. The summed E-state index contributed by atoms with van der Waals surface area (Å²) in [6.07, 6.45) is 3.26. The molecule has 0 saturated heterocycles. The highest BCUT2D eigenvalue weighted by molar-refractivity contribution is 6.30. The molecule has 0 saturated carbocycles. The summed E-state index contributed by atoms with van der Waals surface area (Å²) < 4.78 is 12.5. The number of aliphatic carboxylic acids is 1. The molecule has 3 N–H and O–H groups in total. The van der Waals surface area contributed by atoms with Gasteiger partial charge in [-0.05, 0) is 31.2 Å². The van der Waals surface area contributed by atoms with Crippen LogP contribution in [0.2, 0.25) is 5.02 Å². The number of rotatable bonds is 6. The van der Waals surface area contributed by atoms with Crippen molar-refractivity contribution in [1.29, 1.82) is 0 Å². The number of carbonyl (C=O) groups is 1. The zero-order valence-electron chi connectivity index (χ0n) is 11.1. The first-order valence-corrected chi connectivity index (χ1v) is 6.43. The Kier molecular flexibility index (Phi) is 10.3. The zero-order valence-corrected chi connectivity index (χ0v) is 11.9. The predicted octanol–water partition coefficient (Wildman–Crippen LogP) is 2.75. The van der Waals surface area contributed by atoms with Gasteiger partial charge in [0.2, 0.25) is 0 Å². The van der Waals surface area contributed by atoms with Crippen LogP contribution in [0.25, 0.3) is 0 Å². The Bertz CT molecular complexity index is 421. The van der Waals surface area contributed by atoms with Gasteiger partial charge in [-0.15, -0.1) is 0 Å². The third-order valence-corrected chi connectivity index (χ3v) is 2.29. The Labute approximate surface area is 122 Å². The van der Waals surface area contributed by atoms with Crippen LogP contribution in [0.1, 0.15) is 25.3 Å². The second-order valence-electron chi connectivity index (χ2n) is 3.87. The highest BCUT2D eigenvalue weighted by Crippen LogP contribution is 2.12. The van der Waals surface area contributed by atoms with Crippen LogP contribution in [0.5, 0.6) is 0 Å². The number of carboxylic acid groups (broad SMARTS) is 1. The van der Waals surface area contributed by atoms with Gasteiger partial charge >= 0.3 is 5.97 Å². The van der Waals surface area contributed by atoms with E-state index in [4.69, 9.17) is 21.9 Å². The zero-order chi connectivity index (χ0) is 15.4. The van der Waals surface area contributed by atoms with Crippen LogP contribution in [0.4, 0.5) is 4.39 Å². The molecule has 5 nitrogen and oxygen atoms in total. The van der Waals surface area contributed by atoms with E-state index in [1.807, 2.05) is 0 Å². The van der Waals surface area contributed by atoms with E-state index in [0.29, 0.717) is 5.56 Å². The maximum absolute atomic E-state index is 12.5. The van der Waals surface area contributed by atoms with Crippen molar-refractivity contribution in [3.63, 3.8) is 0 Å². The number of halogens is 2. The number of hydrogen-bond donors (Lipinski definition) is 3. The monoisotopic (exact) mass is 304 g/mol. The minimum atomic E-state index is -0.786. The average Bonchev–Trinajstić information content (AvgIpc) is 2.34. The minimum absolute atomic E-state index is 0.0833. The Hall–Kier alpha value is -1.66. The van der Waals surface area contributed by atoms with Crippen molar-refractivity contribution >= 4 is 23.8 Å². The highest BCUT2D eigenvalue weighted by Gasteiger charge is 1.95. The lowest BCUT2D eigenvalue weighted by Crippen LogP contribution is -2.23. The van der Waals surface area contributed by atoms with Gasteiger partial charge in [0.1, 0.15) is 5.82 Å². The highest BCUT2D eigenvalue weighted by atomic mass is 35.5. The molecular weight excluding hydrogens is 287 g/mol. The molecule has 0 aliphatic carbocycles. The third kappa shape index (κ3) is 10.3. The predicted molar refractivity (Wildman–Crippen MR) is 76.2 cm³/mol. The molecule has 1 rings (SSSR count). The van der Waals surface area contributed by atoms with Crippen LogP contribution in [0, 0.1) is 5.82 Å². The minimum Gasteiger partial charge on any atom is -0.480 e. The largest absolute Gasteiger partial charge is 0.480 e. The quantitative estimate of drug-likeness (QED) is 0.327. The Morgan fingerprint density at radius 1 is 1.50 bits per heavy atom. The van der Waals surface area contributed by atoms with E-state index in [1.165, 1.54) is 18.2 Å². The molecule has 1 aromatic carbocycles. The molecule has 7 heteroatoms. The molecule has 0 fully saturated rings. The normalized spacial score (nSPS) is 10.2. The van der Waals surface area contributed by atoms with E-state index < -0.39 is 11.8 Å². The lowest BCUT2D eigenvalue weighted by molar-refractivity contribution is -0.135. The van der Waals surface area contributed by atoms with Gasteiger partial charge in [-0.2, -0.15) is 0 Å². The van der Waals surface area contributed by atoms with Crippen molar-refractivity contribution in [1.82, 2.24) is 5.32 Å². The molecule has 112 valence electrons. The lowest BCUT2D eigenvalue weighted by Gasteiger charge is -1.96. The molecule has 0 radical (unpaired) electrons. The van der Waals surface area contributed by atoms with E-state index in [-0.39, 0.29) is 11.6 Å². The first-order valence-electron chi connectivity index (χ1n) is 6.05. The number of nitrogens with one attached hydrogen (secondary N) is 1. The molecule has 1 aromatic rings. The maximum atomic E-state index is 12.5. The van der Waals surface area contributed by atoms with Gasteiger partial charge in [-0.3, -0.25) is 4.79 Å². The van der Waals surface area contributed by atoms with Gasteiger partial charge < -0.3 is 15.6 Å². The second-order valence-corrected chi connectivity index (χ2v) is 4.31. The number of unbranched alkanes of at least 4 members (excludes halogenated alkanes) is 1. The maximum Gasteiger partial charge on any atom is 0.317 e. The van der Waals surface area contributed by atoms with Crippen molar-refractivity contribution in [3.8, 4) is 0 Å². The van der Waals surface area contributed by atoms with Gasteiger partial charge in [-0.25, -0.2) is 4.39 Å². The van der Waals surface area contributed by atoms with Gasteiger partial charge in [0.15, 0.2) is 0 Å². The number of carboxylic acids is 1. The van der Waals surface area contributed by atoms with Crippen molar-refractivity contribution in [2.24, 2.45) is 5.16 Å². The number of nitrogens with zero attached hydrogens (tertiary/aromatic N) is 1. The summed E-state index contributed by atoms with van der Waals surface area (Å²) in [5.41, 5.74) is 0.428. The fourth-order valence-electron chi connectivity index (χ4n) is 1.21. The third-order valence-electron chi connectivity index (χ3n) is 2.08. The van der Waals surface area contributed by atoms with Gasteiger partial charge in [0.25, 0.3) is 0 Å². The smallest absolute Gasteiger partial charge is 0.317 e. The summed E-state index contributed by atoms with van der Waals surface area (Å²) in [6, 6.07) is 3.88. The molecule has 20 heavy (non-hydrogen) atoms. The number of benzene rings is 1. The van der Waals surface area contributed by atoms with E-state index >= 15 is 0 Å². The molecule has 0 amide bonds. The van der Waals surface area contributed by atoms with Crippen LogP contribution in [-0.2, 0) is 4.79 Å². The summed E-state index contributed by atoms with van der Waals surface area (Å²) >= 11 is 5.50. The van der Waals surface area contributed by atoms with Crippen LogP contribution < -0.4 is 5.32 Å². The SMILES string of the molecule is CCCCNCC(=O)O.ON=Cc1cc(F)cc(Cl)c1. The average molecular weight is 305 g/mol. The number of oxime groups is 1. The Morgan fingerprint density at radius 3 is 2.70 bits per heavy atom. The first-order chi connectivity index (χ1) is 9.49. The molecule has 0 aliphatic heterocycles. The van der Waals surface area contributed by atoms with E-state index in [9.17, 15) is 9.18 Å². The lowest BCUT2D eigenvalue weighted by atomic mass is 10.2. The van der Waals surface area contributed by atoms with Crippen molar-refractivity contribution in [2.45, 2.75) is 19.8 Å². The molecule has 0 spiro atoms. The van der Waals surface area contributed by atoms with Crippen LogP contribution >= 0.6 is 11.6 Å². The fraction of sp³-hybridized carbons (Fsp3) is 0.385. The molecule has 0 unspecified atom stereocenters. The van der Waals surface area contributed by atoms with Crippen molar-refractivity contribution in [3.05, 3.63) is 34.6 Å². The molecule has 0 bridgehead atoms. The number of hydrogen-bond acceptors (Lipinski definition) is 4. The standard InChI is InChI=1S/C7H5ClFNO.C6H13NO2/c8-6-1-5(4-10-11)2-7(9)3-6;1-2-3-4-7-5-6(8)9/h1-4,11H;7H,2-5H2,1H3,(H,8,9). The van der Waals surface area contributed by atoms with E-state index in [0.717, 1.165) is 25.6 Å². The van der Waals surface area contributed by atoms with Crippen molar-refractivity contribution < 1.29 is 19.5 Å². The molecule has 0 heterocycles. The van der Waals surface area contributed by atoms with Gasteiger partial charge in [-0.1, -0.05) is 30.1 Å². The topological polar surface area (TPSA) is 81.9 Å². The molecule has 0 atom stereocenters. The summed E-state index contributed by atoms with van der Waals surface area (Å²) in [6.45, 7) is 2.96. The fourth-order valence-corrected chi connectivity index (χ4v) is 1.44. The van der Waals surface area contributed by atoms with Gasteiger partial charge in [0.05, 0.1) is 12.8 Å². The first kappa shape index (κ1) is 18.3. The van der Waals surface area contributed by atoms with Gasteiger partial charge in [0, 0.05) is 10.6 Å². The second kappa shape index (κ2) is 11.2. The summed E-state index contributed by atoms with van der Waals surface area (Å²) in [7, 11) is 0. The van der Waals surface area contributed by atoms with E-state index in [1.54, 1.807) is 0 Å². The van der Waals surface area contributed by atoms with Crippen LogP contribution in [0.3, 0.4) is 0 Å². The van der Waals surface area contributed by atoms with Crippen molar-refractivity contribution in [2.75, 3.05) is 13.1 Å². The Balaban J connectivity index is 0.000000370. The van der Waals surface area contributed by atoms with Crippen LogP contribution in [0.15, 0.2) is 23.4 Å². The summed E-state index contributed by atoms with van der Waals surface area (Å²) in [4.78, 5) is 9.90.